The molecule has 1 aliphatic heterocycles. The lowest BCUT2D eigenvalue weighted by Gasteiger charge is -2.25. The predicted octanol–water partition coefficient (Wildman–Crippen LogP) is 2.99. The minimum atomic E-state index is -3.50. The Hall–Kier alpha value is -2.71. The topological polar surface area (TPSA) is 95.2 Å². The van der Waals surface area contributed by atoms with Crippen LogP contribution in [0.1, 0.15) is 29.6 Å². The first-order valence-corrected chi connectivity index (χ1v) is 10.3. The highest BCUT2D eigenvalue weighted by atomic mass is 32.2. The Morgan fingerprint density at radius 1 is 1.00 bits per heavy atom. The van der Waals surface area contributed by atoms with Crippen molar-refractivity contribution < 1.29 is 13.2 Å². The van der Waals surface area contributed by atoms with E-state index in [0.29, 0.717) is 24.6 Å². The van der Waals surface area contributed by atoms with Crippen molar-refractivity contribution in [2.75, 3.05) is 18.4 Å². The number of carbonyl (C=O) groups is 1. The van der Waals surface area contributed by atoms with Gasteiger partial charge in [0.2, 0.25) is 16.0 Å². The summed E-state index contributed by atoms with van der Waals surface area (Å²) in [5.74, 6) is 0.00203. The molecule has 140 valence electrons. The molecule has 0 saturated carbocycles. The number of imidazole rings is 1. The molecule has 0 unspecified atom stereocenters. The van der Waals surface area contributed by atoms with Crippen LogP contribution in [0.4, 0.5) is 5.95 Å². The summed E-state index contributed by atoms with van der Waals surface area (Å²) in [5, 5.41) is 2.70. The van der Waals surface area contributed by atoms with E-state index in [0.717, 1.165) is 30.3 Å². The van der Waals surface area contributed by atoms with Crippen LogP contribution in [0, 0.1) is 0 Å². The Bertz CT molecular complexity index is 1030. The monoisotopic (exact) mass is 384 g/mol. The molecule has 7 nitrogen and oxygen atoms in total. The van der Waals surface area contributed by atoms with Crippen LogP contribution in [0.2, 0.25) is 0 Å². The summed E-state index contributed by atoms with van der Waals surface area (Å²) in [6, 6.07) is 13.5. The highest BCUT2D eigenvalue weighted by Gasteiger charge is 2.26. The van der Waals surface area contributed by atoms with E-state index < -0.39 is 10.0 Å². The number of hydrogen-bond acceptors (Lipinski definition) is 4. The number of piperidine rings is 1. The summed E-state index contributed by atoms with van der Waals surface area (Å²) < 4.78 is 26.9. The van der Waals surface area contributed by atoms with Crippen LogP contribution < -0.4 is 5.32 Å². The van der Waals surface area contributed by atoms with Crippen molar-refractivity contribution in [2.24, 2.45) is 0 Å². The molecule has 1 aliphatic rings. The summed E-state index contributed by atoms with van der Waals surface area (Å²) >= 11 is 0. The van der Waals surface area contributed by atoms with E-state index in [-0.39, 0.29) is 10.8 Å². The molecular weight excluding hydrogens is 364 g/mol. The molecule has 1 saturated heterocycles. The van der Waals surface area contributed by atoms with Gasteiger partial charge in [0, 0.05) is 18.7 Å². The molecule has 3 aromatic rings. The minimum absolute atomic E-state index is 0.213. The SMILES string of the molecule is O=C(Nc1nc2ccccc2[nH]1)c1ccc(S(=O)(=O)N2CCCCC2)cc1. The molecule has 0 spiro atoms. The smallest absolute Gasteiger partial charge is 0.257 e. The van der Waals surface area contributed by atoms with Gasteiger partial charge in [0.1, 0.15) is 0 Å². The molecule has 0 aliphatic carbocycles. The van der Waals surface area contributed by atoms with Gasteiger partial charge in [0.05, 0.1) is 15.9 Å². The second-order valence-electron chi connectivity index (χ2n) is 6.55. The van der Waals surface area contributed by atoms with E-state index >= 15 is 0 Å². The molecule has 1 aromatic heterocycles. The second kappa shape index (κ2) is 7.13. The molecular formula is C19H20N4O3S. The first-order valence-electron chi connectivity index (χ1n) is 8.90. The van der Waals surface area contributed by atoms with E-state index in [1.54, 1.807) is 0 Å². The highest BCUT2D eigenvalue weighted by Crippen LogP contribution is 2.21. The van der Waals surface area contributed by atoms with Gasteiger partial charge < -0.3 is 4.98 Å². The number of sulfonamides is 1. The van der Waals surface area contributed by atoms with E-state index in [9.17, 15) is 13.2 Å². The van der Waals surface area contributed by atoms with Gasteiger partial charge in [-0.15, -0.1) is 0 Å². The van der Waals surface area contributed by atoms with Crippen LogP contribution >= 0.6 is 0 Å². The number of amides is 1. The first-order chi connectivity index (χ1) is 13.0. The molecule has 1 fully saturated rings. The number of nitrogens with zero attached hydrogens (tertiary/aromatic N) is 2. The van der Waals surface area contributed by atoms with Gasteiger partial charge in [-0.3, -0.25) is 10.1 Å². The molecule has 4 rings (SSSR count). The number of aromatic nitrogens is 2. The van der Waals surface area contributed by atoms with Gasteiger partial charge in [-0.25, -0.2) is 13.4 Å². The normalized spacial score (nSPS) is 15.7. The van der Waals surface area contributed by atoms with Crippen molar-refractivity contribution in [1.82, 2.24) is 14.3 Å². The Morgan fingerprint density at radius 3 is 2.41 bits per heavy atom. The summed E-state index contributed by atoms with van der Waals surface area (Å²) in [6.07, 6.45) is 2.83. The lowest BCUT2D eigenvalue weighted by molar-refractivity contribution is 0.102. The summed E-state index contributed by atoms with van der Waals surface area (Å²) in [7, 11) is -3.50. The van der Waals surface area contributed by atoms with Crippen LogP contribution in [0.25, 0.3) is 11.0 Å². The summed E-state index contributed by atoms with van der Waals surface area (Å²) in [4.78, 5) is 20.0. The van der Waals surface area contributed by atoms with Gasteiger partial charge in [0.15, 0.2) is 0 Å². The van der Waals surface area contributed by atoms with Crippen molar-refractivity contribution in [2.45, 2.75) is 24.2 Å². The fraction of sp³-hybridized carbons (Fsp3) is 0.263. The fourth-order valence-corrected chi connectivity index (χ4v) is 4.74. The third-order valence-electron chi connectivity index (χ3n) is 4.69. The lowest BCUT2D eigenvalue weighted by atomic mass is 10.2. The molecule has 0 atom stereocenters. The Labute approximate surface area is 157 Å². The van der Waals surface area contributed by atoms with Crippen molar-refractivity contribution in [3.8, 4) is 0 Å². The number of H-pyrrole nitrogens is 1. The Morgan fingerprint density at radius 2 is 1.70 bits per heavy atom. The number of para-hydroxylation sites is 2. The van der Waals surface area contributed by atoms with Crippen LogP contribution in [0.5, 0.6) is 0 Å². The molecule has 2 heterocycles. The zero-order chi connectivity index (χ0) is 18.9. The van der Waals surface area contributed by atoms with Crippen molar-refractivity contribution >= 4 is 32.9 Å². The van der Waals surface area contributed by atoms with Gasteiger partial charge in [-0.05, 0) is 49.2 Å². The Kier molecular flexibility index (Phi) is 4.67. The van der Waals surface area contributed by atoms with Gasteiger partial charge in [-0.1, -0.05) is 18.6 Å². The summed E-state index contributed by atoms with van der Waals surface area (Å²) in [5.41, 5.74) is 1.96. The van der Waals surface area contributed by atoms with E-state index in [2.05, 4.69) is 15.3 Å². The van der Waals surface area contributed by atoms with Crippen molar-refractivity contribution in [3.63, 3.8) is 0 Å². The zero-order valence-electron chi connectivity index (χ0n) is 14.7. The van der Waals surface area contributed by atoms with Gasteiger partial charge in [-0.2, -0.15) is 4.31 Å². The van der Waals surface area contributed by atoms with E-state index in [1.807, 2.05) is 24.3 Å². The van der Waals surface area contributed by atoms with E-state index in [4.69, 9.17) is 0 Å². The molecule has 27 heavy (non-hydrogen) atoms. The van der Waals surface area contributed by atoms with Gasteiger partial charge >= 0.3 is 0 Å². The molecule has 0 radical (unpaired) electrons. The largest absolute Gasteiger partial charge is 0.324 e. The zero-order valence-corrected chi connectivity index (χ0v) is 15.5. The second-order valence-corrected chi connectivity index (χ2v) is 8.48. The number of rotatable bonds is 4. The highest BCUT2D eigenvalue weighted by molar-refractivity contribution is 7.89. The minimum Gasteiger partial charge on any atom is -0.324 e. The van der Waals surface area contributed by atoms with Crippen molar-refractivity contribution in [1.29, 1.82) is 0 Å². The van der Waals surface area contributed by atoms with E-state index in [1.165, 1.54) is 28.6 Å². The number of hydrogen-bond donors (Lipinski definition) is 2. The molecule has 2 N–H and O–H groups in total. The molecule has 8 heteroatoms. The van der Waals surface area contributed by atoms with Crippen LogP contribution in [-0.4, -0.2) is 41.7 Å². The maximum Gasteiger partial charge on any atom is 0.257 e. The van der Waals surface area contributed by atoms with Gasteiger partial charge in [0.25, 0.3) is 5.91 Å². The average Bonchev–Trinajstić information content (AvgIpc) is 3.11. The van der Waals surface area contributed by atoms with Crippen LogP contribution in [0.3, 0.4) is 0 Å². The fourth-order valence-electron chi connectivity index (χ4n) is 3.22. The summed E-state index contributed by atoms with van der Waals surface area (Å²) in [6.45, 7) is 1.10. The number of nitrogens with one attached hydrogen (secondary N) is 2. The molecule has 2 aromatic carbocycles. The third-order valence-corrected chi connectivity index (χ3v) is 6.60. The molecule has 1 amide bonds. The number of aromatic amines is 1. The average molecular weight is 384 g/mol. The number of carbonyl (C=O) groups excluding carboxylic acids is 1. The standard InChI is InChI=1S/C19H20N4O3S/c24-18(22-19-20-16-6-2-3-7-17(16)21-19)14-8-10-15(11-9-14)27(25,26)23-12-4-1-5-13-23/h2-3,6-11H,1,4-5,12-13H2,(H2,20,21,22,24). The first kappa shape index (κ1) is 17.7. The third kappa shape index (κ3) is 3.58. The molecule has 0 bridgehead atoms. The maximum atomic E-state index is 12.7. The predicted molar refractivity (Wildman–Crippen MR) is 103 cm³/mol. The maximum absolute atomic E-state index is 12.7. The number of fused-ring (bicyclic) bond motifs is 1. The van der Waals surface area contributed by atoms with Crippen LogP contribution in [-0.2, 0) is 10.0 Å². The Balaban J connectivity index is 1.50. The number of benzene rings is 2. The lowest BCUT2D eigenvalue weighted by Crippen LogP contribution is -2.35. The van der Waals surface area contributed by atoms with Crippen molar-refractivity contribution in [3.05, 3.63) is 54.1 Å². The van der Waals surface area contributed by atoms with Crippen LogP contribution in [0.15, 0.2) is 53.4 Å². The number of anilines is 1. The quantitative estimate of drug-likeness (QED) is 0.723.